The standard InChI is InChI=1S/C13H11Cl2N3S/c1-7-2-4-9(12(16)17)13(18-7)19-11-6-8(14)3-5-10(11)15/h2-6H,1H3,(H3,16,17). The van der Waals surface area contributed by atoms with Crippen molar-refractivity contribution in [3.05, 3.63) is 51.6 Å². The summed E-state index contributed by atoms with van der Waals surface area (Å²) in [5.41, 5.74) is 7.00. The van der Waals surface area contributed by atoms with Crippen LogP contribution < -0.4 is 5.73 Å². The lowest BCUT2D eigenvalue weighted by Gasteiger charge is -2.09. The zero-order valence-electron chi connectivity index (χ0n) is 10.1. The number of nitrogen functional groups attached to an aromatic ring is 1. The minimum atomic E-state index is -0.0202. The van der Waals surface area contributed by atoms with Gasteiger partial charge in [-0.25, -0.2) is 4.98 Å². The Kier molecular flexibility index (Phi) is 4.34. The van der Waals surface area contributed by atoms with E-state index in [1.54, 1.807) is 24.3 Å². The third kappa shape index (κ3) is 3.41. The number of hydrogen-bond donors (Lipinski definition) is 2. The van der Waals surface area contributed by atoms with Gasteiger partial charge in [0.15, 0.2) is 0 Å². The van der Waals surface area contributed by atoms with E-state index in [-0.39, 0.29) is 5.84 Å². The van der Waals surface area contributed by atoms with Crippen LogP contribution in [-0.2, 0) is 0 Å². The number of aryl methyl sites for hydroxylation is 1. The van der Waals surface area contributed by atoms with Crippen LogP contribution in [0, 0.1) is 12.3 Å². The van der Waals surface area contributed by atoms with Gasteiger partial charge in [-0.05, 0) is 37.3 Å². The van der Waals surface area contributed by atoms with Crippen molar-refractivity contribution in [1.82, 2.24) is 4.98 Å². The van der Waals surface area contributed by atoms with Crippen molar-refractivity contribution in [3.8, 4) is 0 Å². The second kappa shape index (κ2) is 5.82. The van der Waals surface area contributed by atoms with E-state index in [9.17, 15) is 0 Å². The largest absolute Gasteiger partial charge is 0.384 e. The van der Waals surface area contributed by atoms with Crippen LogP contribution in [-0.4, -0.2) is 10.8 Å². The maximum absolute atomic E-state index is 7.57. The number of halogens is 2. The number of pyridine rings is 1. The summed E-state index contributed by atoms with van der Waals surface area (Å²) in [6.45, 7) is 1.88. The van der Waals surface area contributed by atoms with E-state index in [0.29, 0.717) is 20.6 Å². The average molecular weight is 312 g/mol. The Balaban J connectivity index is 2.45. The number of aromatic nitrogens is 1. The maximum atomic E-state index is 7.57. The molecule has 6 heteroatoms. The van der Waals surface area contributed by atoms with Crippen molar-refractivity contribution in [2.45, 2.75) is 16.8 Å². The monoisotopic (exact) mass is 311 g/mol. The Morgan fingerprint density at radius 2 is 2.00 bits per heavy atom. The predicted molar refractivity (Wildman–Crippen MR) is 80.6 cm³/mol. The smallest absolute Gasteiger partial charge is 0.125 e. The van der Waals surface area contributed by atoms with Crippen LogP contribution in [0.2, 0.25) is 10.0 Å². The quantitative estimate of drug-likeness (QED) is 0.661. The van der Waals surface area contributed by atoms with Crippen molar-refractivity contribution in [3.63, 3.8) is 0 Å². The normalized spacial score (nSPS) is 10.5. The van der Waals surface area contributed by atoms with Gasteiger partial charge in [0.2, 0.25) is 0 Å². The van der Waals surface area contributed by atoms with Crippen molar-refractivity contribution in [2.24, 2.45) is 5.73 Å². The minimum absolute atomic E-state index is 0.0202. The van der Waals surface area contributed by atoms with Crippen LogP contribution >= 0.6 is 35.0 Å². The van der Waals surface area contributed by atoms with Crippen LogP contribution in [0.25, 0.3) is 0 Å². The van der Waals surface area contributed by atoms with E-state index in [0.717, 1.165) is 10.6 Å². The van der Waals surface area contributed by atoms with Crippen LogP contribution in [0.15, 0.2) is 40.3 Å². The molecule has 1 heterocycles. The van der Waals surface area contributed by atoms with Gasteiger partial charge >= 0.3 is 0 Å². The fraction of sp³-hybridized carbons (Fsp3) is 0.0769. The molecule has 0 aliphatic carbocycles. The molecule has 3 nitrogen and oxygen atoms in total. The summed E-state index contributed by atoms with van der Waals surface area (Å²) in [5, 5.41) is 9.41. The summed E-state index contributed by atoms with van der Waals surface area (Å²) in [4.78, 5) is 5.19. The van der Waals surface area contributed by atoms with Gasteiger partial charge in [-0.2, -0.15) is 0 Å². The molecule has 0 aliphatic heterocycles. The first-order valence-electron chi connectivity index (χ1n) is 5.42. The molecule has 98 valence electrons. The molecule has 1 aromatic heterocycles. The first-order valence-corrected chi connectivity index (χ1v) is 6.99. The van der Waals surface area contributed by atoms with E-state index in [2.05, 4.69) is 4.98 Å². The van der Waals surface area contributed by atoms with Gasteiger partial charge in [0.1, 0.15) is 10.9 Å². The fourth-order valence-electron chi connectivity index (χ4n) is 1.48. The lowest BCUT2D eigenvalue weighted by molar-refractivity contribution is 1.05. The molecule has 1 aromatic carbocycles. The zero-order valence-corrected chi connectivity index (χ0v) is 12.4. The number of benzene rings is 1. The Morgan fingerprint density at radius 1 is 1.26 bits per heavy atom. The van der Waals surface area contributed by atoms with Gasteiger partial charge in [-0.1, -0.05) is 35.0 Å². The van der Waals surface area contributed by atoms with Gasteiger partial charge in [0.05, 0.1) is 5.02 Å². The third-order valence-corrected chi connectivity index (χ3v) is 4.13. The molecule has 0 radical (unpaired) electrons. The molecule has 0 bridgehead atoms. The molecule has 2 aromatic rings. The Hall–Kier alpha value is -1.23. The fourth-order valence-corrected chi connectivity index (χ4v) is 2.98. The molecule has 3 N–H and O–H groups in total. The minimum Gasteiger partial charge on any atom is -0.384 e. The number of nitrogens with one attached hydrogen (secondary N) is 1. The van der Waals surface area contributed by atoms with Gasteiger partial charge < -0.3 is 5.73 Å². The number of amidine groups is 1. The molecule has 19 heavy (non-hydrogen) atoms. The molecule has 0 saturated heterocycles. The second-order valence-corrected chi connectivity index (χ2v) is 5.77. The molecule has 0 fully saturated rings. The molecular formula is C13H11Cl2N3S. The third-order valence-electron chi connectivity index (χ3n) is 2.39. The Morgan fingerprint density at radius 3 is 2.68 bits per heavy atom. The van der Waals surface area contributed by atoms with E-state index >= 15 is 0 Å². The molecule has 0 amide bonds. The lowest BCUT2D eigenvalue weighted by atomic mass is 10.2. The molecule has 0 atom stereocenters. The highest BCUT2D eigenvalue weighted by Gasteiger charge is 2.11. The van der Waals surface area contributed by atoms with E-state index in [1.807, 2.05) is 13.0 Å². The topological polar surface area (TPSA) is 62.8 Å². The van der Waals surface area contributed by atoms with Crippen molar-refractivity contribution < 1.29 is 0 Å². The maximum Gasteiger partial charge on any atom is 0.125 e. The zero-order chi connectivity index (χ0) is 14.0. The highest BCUT2D eigenvalue weighted by molar-refractivity contribution is 7.99. The van der Waals surface area contributed by atoms with E-state index in [1.165, 1.54) is 11.8 Å². The highest BCUT2D eigenvalue weighted by atomic mass is 35.5. The van der Waals surface area contributed by atoms with Crippen molar-refractivity contribution in [2.75, 3.05) is 0 Å². The number of nitrogens with two attached hydrogens (primary N) is 1. The van der Waals surface area contributed by atoms with Gasteiger partial charge in [-0.3, -0.25) is 5.41 Å². The summed E-state index contributed by atoms with van der Waals surface area (Å²) in [7, 11) is 0. The molecule has 0 spiro atoms. The Labute approximate surface area is 125 Å². The Bertz CT molecular complexity index is 644. The molecular weight excluding hydrogens is 301 g/mol. The van der Waals surface area contributed by atoms with Gasteiger partial charge in [0, 0.05) is 21.2 Å². The lowest BCUT2D eigenvalue weighted by Crippen LogP contribution is -2.13. The second-order valence-electron chi connectivity index (χ2n) is 3.90. The SMILES string of the molecule is Cc1ccc(C(=N)N)c(Sc2cc(Cl)ccc2Cl)n1. The van der Waals surface area contributed by atoms with E-state index < -0.39 is 0 Å². The number of hydrogen-bond acceptors (Lipinski definition) is 3. The predicted octanol–water partition coefficient (Wildman–Crippen LogP) is 4.13. The van der Waals surface area contributed by atoms with Crippen LogP contribution in [0.4, 0.5) is 0 Å². The van der Waals surface area contributed by atoms with E-state index in [4.69, 9.17) is 34.3 Å². The molecule has 0 unspecified atom stereocenters. The summed E-state index contributed by atoms with van der Waals surface area (Å²) in [6.07, 6.45) is 0. The van der Waals surface area contributed by atoms with Crippen LogP contribution in [0.5, 0.6) is 0 Å². The van der Waals surface area contributed by atoms with Crippen molar-refractivity contribution in [1.29, 1.82) is 5.41 Å². The number of nitrogens with zero attached hydrogens (tertiary/aromatic N) is 1. The van der Waals surface area contributed by atoms with Crippen LogP contribution in [0.3, 0.4) is 0 Å². The molecule has 0 aliphatic rings. The summed E-state index contributed by atoms with van der Waals surface area (Å²) < 4.78 is 0. The van der Waals surface area contributed by atoms with Gasteiger partial charge in [-0.15, -0.1) is 0 Å². The first-order chi connectivity index (χ1) is 8.97. The summed E-state index contributed by atoms with van der Waals surface area (Å²) in [6, 6.07) is 8.83. The average Bonchev–Trinajstić information content (AvgIpc) is 2.33. The first kappa shape index (κ1) is 14.2. The van der Waals surface area contributed by atoms with Crippen molar-refractivity contribution >= 4 is 40.8 Å². The highest BCUT2D eigenvalue weighted by Crippen LogP contribution is 2.35. The summed E-state index contributed by atoms with van der Waals surface area (Å²) >= 11 is 13.4. The molecule has 2 rings (SSSR count). The number of rotatable bonds is 3. The molecule has 0 saturated carbocycles. The van der Waals surface area contributed by atoms with Gasteiger partial charge in [0.25, 0.3) is 0 Å². The summed E-state index contributed by atoms with van der Waals surface area (Å²) in [5.74, 6) is -0.0202. The van der Waals surface area contributed by atoms with Crippen LogP contribution in [0.1, 0.15) is 11.3 Å².